The summed E-state index contributed by atoms with van der Waals surface area (Å²) in [4.78, 5) is 40.5. The maximum Gasteiger partial charge on any atom is 0.325 e. The van der Waals surface area contributed by atoms with Gasteiger partial charge in [0.05, 0.1) is 11.8 Å². The zero-order valence-electron chi connectivity index (χ0n) is 16.9. The number of carbonyl (C=O) groups excluding carboxylic acids is 3. The van der Waals surface area contributed by atoms with Crippen LogP contribution in [0.1, 0.15) is 30.4 Å². The zero-order valence-corrected chi connectivity index (χ0v) is 17.7. The number of nitrogens with one attached hydrogen (secondary N) is 2. The molecule has 1 heterocycles. The number of rotatable bonds is 6. The van der Waals surface area contributed by atoms with Crippen LogP contribution in [0.5, 0.6) is 0 Å². The number of aryl methyl sites for hydroxylation is 1. The highest BCUT2D eigenvalue weighted by Gasteiger charge is 2.54. The topological polar surface area (TPSA) is 102 Å². The van der Waals surface area contributed by atoms with Gasteiger partial charge in [0.15, 0.2) is 0 Å². The standard InChI is InChI=1S/C23H22N4O3S/c24-13-6-14-31-19-11-4-3-10-18(19)25-20(28)15-27-21(29)23(26-22(27)30)12-5-8-16-7-1-2-9-17(16)23/h1-4,7,9-11H,5-6,8,12,14-15H2,(H,25,28)(H,26,30). The molecule has 0 bridgehead atoms. The quantitative estimate of drug-likeness (QED) is 0.412. The molecule has 1 fully saturated rings. The van der Waals surface area contributed by atoms with Crippen LogP contribution in [0.3, 0.4) is 0 Å². The Bertz CT molecular complexity index is 1080. The van der Waals surface area contributed by atoms with Crippen molar-refractivity contribution in [2.75, 3.05) is 17.6 Å². The highest BCUT2D eigenvalue weighted by Crippen LogP contribution is 2.39. The van der Waals surface area contributed by atoms with Crippen LogP contribution >= 0.6 is 11.8 Å². The van der Waals surface area contributed by atoms with Gasteiger partial charge < -0.3 is 10.6 Å². The summed E-state index contributed by atoms with van der Waals surface area (Å²) in [6.45, 7) is -0.355. The van der Waals surface area contributed by atoms with Crippen LogP contribution in [0.15, 0.2) is 53.4 Å². The molecule has 2 aliphatic rings. The summed E-state index contributed by atoms with van der Waals surface area (Å²) in [6, 6.07) is 16.5. The van der Waals surface area contributed by atoms with E-state index in [1.54, 1.807) is 12.1 Å². The van der Waals surface area contributed by atoms with Crippen molar-refractivity contribution in [3.05, 3.63) is 59.7 Å². The molecule has 1 aliphatic heterocycles. The largest absolute Gasteiger partial charge is 0.325 e. The second-order valence-corrected chi connectivity index (χ2v) is 8.68. The van der Waals surface area contributed by atoms with E-state index in [9.17, 15) is 14.4 Å². The Balaban J connectivity index is 1.49. The van der Waals surface area contributed by atoms with Gasteiger partial charge in [-0.3, -0.25) is 14.5 Å². The maximum atomic E-state index is 13.3. The first kappa shape index (κ1) is 20.9. The predicted octanol–water partition coefficient (Wildman–Crippen LogP) is 3.41. The number of fused-ring (bicyclic) bond motifs is 2. The molecule has 2 aromatic rings. The highest BCUT2D eigenvalue weighted by atomic mass is 32.2. The molecule has 2 aromatic carbocycles. The first-order chi connectivity index (χ1) is 15.0. The predicted molar refractivity (Wildman–Crippen MR) is 117 cm³/mol. The molecule has 1 aliphatic carbocycles. The van der Waals surface area contributed by atoms with Gasteiger partial charge in [-0.25, -0.2) is 4.79 Å². The van der Waals surface area contributed by atoms with Gasteiger partial charge in [0.2, 0.25) is 5.91 Å². The van der Waals surface area contributed by atoms with Crippen LogP contribution in [0.25, 0.3) is 0 Å². The van der Waals surface area contributed by atoms with Crippen molar-refractivity contribution in [1.82, 2.24) is 10.2 Å². The number of carbonyl (C=O) groups is 3. The average molecular weight is 435 g/mol. The van der Waals surface area contributed by atoms with Crippen LogP contribution in [-0.2, 0) is 21.5 Å². The Kier molecular flexibility index (Phi) is 5.96. The Hall–Kier alpha value is -3.31. The summed E-state index contributed by atoms with van der Waals surface area (Å²) < 4.78 is 0. The number of benzene rings is 2. The van der Waals surface area contributed by atoms with Crippen LogP contribution in [-0.4, -0.2) is 35.0 Å². The Morgan fingerprint density at radius 2 is 1.97 bits per heavy atom. The van der Waals surface area contributed by atoms with Crippen molar-refractivity contribution in [2.24, 2.45) is 0 Å². The fraction of sp³-hybridized carbons (Fsp3) is 0.304. The Morgan fingerprint density at radius 3 is 2.81 bits per heavy atom. The summed E-state index contributed by atoms with van der Waals surface area (Å²) in [5, 5.41) is 14.4. The molecule has 1 atom stereocenters. The molecule has 8 heteroatoms. The van der Waals surface area contributed by atoms with Crippen molar-refractivity contribution in [1.29, 1.82) is 5.26 Å². The molecule has 7 nitrogen and oxygen atoms in total. The maximum absolute atomic E-state index is 13.3. The monoisotopic (exact) mass is 434 g/mol. The first-order valence-corrected chi connectivity index (χ1v) is 11.1. The van der Waals surface area contributed by atoms with E-state index in [1.807, 2.05) is 36.4 Å². The number of hydrogen-bond acceptors (Lipinski definition) is 5. The molecule has 31 heavy (non-hydrogen) atoms. The van der Waals surface area contributed by atoms with E-state index in [2.05, 4.69) is 16.7 Å². The molecule has 4 amide bonds. The van der Waals surface area contributed by atoms with Gasteiger partial charge in [-0.15, -0.1) is 11.8 Å². The number of nitriles is 1. The van der Waals surface area contributed by atoms with Crippen LogP contribution in [0.4, 0.5) is 10.5 Å². The van der Waals surface area contributed by atoms with E-state index in [0.29, 0.717) is 24.3 Å². The Morgan fingerprint density at radius 1 is 1.19 bits per heavy atom. The highest BCUT2D eigenvalue weighted by molar-refractivity contribution is 7.99. The van der Waals surface area contributed by atoms with Gasteiger partial charge >= 0.3 is 6.03 Å². The van der Waals surface area contributed by atoms with E-state index in [0.717, 1.165) is 33.8 Å². The van der Waals surface area contributed by atoms with E-state index in [-0.39, 0.29) is 12.5 Å². The number of anilines is 1. The van der Waals surface area contributed by atoms with E-state index in [4.69, 9.17) is 5.26 Å². The van der Waals surface area contributed by atoms with Crippen LogP contribution < -0.4 is 10.6 Å². The fourth-order valence-corrected chi connectivity index (χ4v) is 5.05. The van der Waals surface area contributed by atoms with Gasteiger partial charge in [0, 0.05) is 17.1 Å². The molecule has 0 radical (unpaired) electrons. The molecule has 158 valence electrons. The van der Waals surface area contributed by atoms with Crippen molar-refractivity contribution in [2.45, 2.75) is 36.1 Å². The fourth-order valence-electron chi connectivity index (χ4n) is 4.19. The van der Waals surface area contributed by atoms with E-state index < -0.39 is 17.5 Å². The number of urea groups is 1. The van der Waals surface area contributed by atoms with Gasteiger partial charge in [-0.1, -0.05) is 36.4 Å². The van der Waals surface area contributed by atoms with Crippen molar-refractivity contribution >= 4 is 35.3 Å². The third-order valence-corrected chi connectivity index (χ3v) is 6.66. The van der Waals surface area contributed by atoms with Gasteiger partial charge in [-0.2, -0.15) is 5.26 Å². The number of amides is 4. The lowest BCUT2D eigenvalue weighted by Gasteiger charge is -2.33. The summed E-state index contributed by atoms with van der Waals surface area (Å²) in [7, 11) is 0. The average Bonchev–Trinajstić information content (AvgIpc) is 3.00. The Labute approximate surface area is 184 Å². The molecule has 0 saturated carbocycles. The van der Waals surface area contributed by atoms with E-state index >= 15 is 0 Å². The van der Waals surface area contributed by atoms with Crippen molar-refractivity contribution < 1.29 is 14.4 Å². The van der Waals surface area contributed by atoms with Crippen molar-refractivity contribution in [3.63, 3.8) is 0 Å². The lowest BCUT2D eigenvalue weighted by Crippen LogP contribution is -2.47. The third kappa shape index (κ3) is 4.01. The number of imide groups is 1. The second-order valence-electron chi connectivity index (χ2n) is 7.54. The van der Waals surface area contributed by atoms with E-state index in [1.165, 1.54) is 11.8 Å². The molecule has 1 saturated heterocycles. The lowest BCUT2D eigenvalue weighted by molar-refractivity contribution is -0.134. The third-order valence-electron chi connectivity index (χ3n) is 5.59. The number of nitrogens with zero attached hydrogens (tertiary/aromatic N) is 2. The zero-order chi connectivity index (χ0) is 21.8. The minimum absolute atomic E-state index is 0.355. The molecule has 4 rings (SSSR count). The molecule has 2 N–H and O–H groups in total. The van der Waals surface area contributed by atoms with Crippen LogP contribution in [0, 0.1) is 11.3 Å². The molecular weight excluding hydrogens is 412 g/mol. The number of para-hydroxylation sites is 1. The van der Waals surface area contributed by atoms with Gasteiger partial charge in [0.1, 0.15) is 12.1 Å². The summed E-state index contributed by atoms with van der Waals surface area (Å²) >= 11 is 1.47. The van der Waals surface area contributed by atoms with Gasteiger partial charge in [-0.05, 0) is 42.5 Å². The van der Waals surface area contributed by atoms with Crippen LogP contribution in [0.2, 0.25) is 0 Å². The minimum Gasteiger partial charge on any atom is -0.324 e. The molecular formula is C23H22N4O3S. The number of hydrogen-bond donors (Lipinski definition) is 2. The lowest BCUT2D eigenvalue weighted by atomic mass is 9.76. The SMILES string of the molecule is N#CCCSc1ccccc1NC(=O)CN1C(=O)NC2(CCCc3ccccc32)C1=O. The van der Waals surface area contributed by atoms with Gasteiger partial charge in [0.25, 0.3) is 5.91 Å². The second kappa shape index (κ2) is 8.82. The smallest absolute Gasteiger partial charge is 0.324 e. The summed E-state index contributed by atoms with van der Waals surface area (Å²) in [6.07, 6.45) is 2.57. The first-order valence-electron chi connectivity index (χ1n) is 10.2. The summed E-state index contributed by atoms with van der Waals surface area (Å²) in [5.74, 6) is -0.215. The normalized spacial score (nSPS) is 19.6. The number of thioether (sulfide) groups is 1. The molecule has 1 spiro atoms. The molecule has 0 aromatic heterocycles. The van der Waals surface area contributed by atoms with Crippen molar-refractivity contribution in [3.8, 4) is 6.07 Å². The molecule has 1 unspecified atom stereocenters. The minimum atomic E-state index is -1.09. The summed E-state index contributed by atoms with van der Waals surface area (Å²) in [5.41, 5.74) is 1.39.